The van der Waals surface area contributed by atoms with E-state index in [0.717, 1.165) is 17.9 Å². The molecule has 0 aliphatic heterocycles. The van der Waals surface area contributed by atoms with Crippen LogP contribution in [0, 0.1) is 0 Å². The third-order valence-electron chi connectivity index (χ3n) is 2.96. The van der Waals surface area contributed by atoms with Gasteiger partial charge in [0.05, 0.1) is 6.33 Å². The van der Waals surface area contributed by atoms with Gasteiger partial charge in [0.2, 0.25) is 5.95 Å². The number of imidazole rings is 1. The third kappa shape index (κ3) is 2.51. The van der Waals surface area contributed by atoms with Crippen LogP contribution in [0.15, 0.2) is 6.33 Å². The molecule has 0 radical (unpaired) electrons. The van der Waals surface area contributed by atoms with Gasteiger partial charge in [0.1, 0.15) is 5.52 Å². The lowest BCUT2D eigenvalue weighted by atomic mass is 10.3. The molecular weight excluding hydrogens is 230 g/mol. The molecule has 2 aromatic heterocycles. The van der Waals surface area contributed by atoms with Gasteiger partial charge in [-0.25, -0.2) is 4.98 Å². The number of fused-ring (bicyclic) bond motifs is 1. The van der Waals surface area contributed by atoms with Gasteiger partial charge in [0.25, 0.3) is 0 Å². The van der Waals surface area contributed by atoms with Gasteiger partial charge in [-0.3, -0.25) is 0 Å². The highest BCUT2D eigenvalue weighted by atomic mass is 15.2. The summed E-state index contributed by atoms with van der Waals surface area (Å²) in [6.07, 6.45) is 1.62. The van der Waals surface area contributed by atoms with E-state index in [2.05, 4.69) is 56.5 Å². The van der Waals surface area contributed by atoms with Gasteiger partial charge >= 0.3 is 0 Å². The van der Waals surface area contributed by atoms with Crippen molar-refractivity contribution in [3.8, 4) is 0 Å². The second-order valence-electron chi connectivity index (χ2n) is 4.44. The van der Waals surface area contributed by atoms with Gasteiger partial charge in [-0.1, -0.05) is 0 Å². The second kappa shape index (κ2) is 5.18. The van der Waals surface area contributed by atoms with E-state index in [1.165, 1.54) is 0 Å². The Hall–Kier alpha value is -1.89. The highest BCUT2D eigenvalue weighted by Gasteiger charge is 2.10. The van der Waals surface area contributed by atoms with E-state index in [1.54, 1.807) is 13.4 Å². The van der Waals surface area contributed by atoms with Gasteiger partial charge < -0.3 is 20.5 Å². The zero-order valence-corrected chi connectivity index (χ0v) is 11.2. The number of nitrogens with one attached hydrogen (secondary N) is 3. The SMILES string of the molecule is CNc1nc(NCC(C)N(C)C)c2[nH]cnc2n1. The monoisotopic (exact) mass is 249 g/mol. The first-order chi connectivity index (χ1) is 8.61. The Kier molecular flexibility index (Phi) is 3.61. The van der Waals surface area contributed by atoms with E-state index >= 15 is 0 Å². The summed E-state index contributed by atoms with van der Waals surface area (Å²) < 4.78 is 0. The standard InChI is InChI=1S/C11H19N7/c1-7(18(3)4)5-13-9-8-10(15-6-14-8)17-11(12-2)16-9/h6-7H,5H2,1-4H3,(H3,12,13,14,15,16,17). The number of hydrogen-bond donors (Lipinski definition) is 3. The Morgan fingerprint density at radius 1 is 1.39 bits per heavy atom. The number of H-pyrrole nitrogens is 1. The Bertz CT molecular complexity index is 519. The van der Waals surface area contributed by atoms with Crippen LogP contribution < -0.4 is 10.6 Å². The van der Waals surface area contributed by atoms with Crippen LogP contribution >= 0.6 is 0 Å². The topological polar surface area (TPSA) is 81.8 Å². The maximum atomic E-state index is 4.40. The van der Waals surface area contributed by atoms with E-state index < -0.39 is 0 Å². The highest BCUT2D eigenvalue weighted by Crippen LogP contribution is 2.18. The lowest BCUT2D eigenvalue weighted by molar-refractivity contribution is 0.326. The third-order valence-corrected chi connectivity index (χ3v) is 2.96. The van der Waals surface area contributed by atoms with Crippen LogP contribution in [0.1, 0.15) is 6.92 Å². The summed E-state index contributed by atoms with van der Waals surface area (Å²) in [7, 11) is 5.90. The lowest BCUT2D eigenvalue weighted by Crippen LogP contribution is -2.31. The highest BCUT2D eigenvalue weighted by molar-refractivity contribution is 5.83. The van der Waals surface area contributed by atoms with Crippen LogP contribution in [-0.4, -0.2) is 58.6 Å². The fourth-order valence-electron chi connectivity index (χ4n) is 1.50. The second-order valence-corrected chi connectivity index (χ2v) is 4.44. The van der Waals surface area contributed by atoms with Gasteiger partial charge in [0, 0.05) is 19.6 Å². The largest absolute Gasteiger partial charge is 0.367 e. The van der Waals surface area contributed by atoms with Crippen LogP contribution in [0.4, 0.5) is 11.8 Å². The summed E-state index contributed by atoms with van der Waals surface area (Å²) in [4.78, 5) is 18.0. The first-order valence-electron chi connectivity index (χ1n) is 5.91. The van der Waals surface area contributed by atoms with Crippen molar-refractivity contribution >= 4 is 22.9 Å². The van der Waals surface area contributed by atoms with E-state index in [0.29, 0.717) is 17.6 Å². The molecule has 7 heteroatoms. The van der Waals surface area contributed by atoms with Crippen molar-refractivity contribution < 1.29 is 0 Å². The molecule has 18 heavy (non-hydrogen) atoms. The average Bonchev–Trinajstić information content (AvgIpc) is 2.83. The molecule has 0 saturated carbocycles. The minimum atomic E-state index is 0.413. The van der Waals surface area contributed by atoms with Crippen molar-refractivity contribution in [3.05, 3.63) is 6.33 Å². The van der Waals surface area contributed by atoms with E-state index in [1.807, 2.05) is 0 Å². The van der Waals surface area contributed by atoms with Crippen LogP contribution in [0.2, 0.25) is 0 Å². The van der Waals surface area contributed by atoms with Gasteiger partial charge in [-0.05, 0) is 21.0 Å². The summed E-state index contributed by atoms with van der Waals surface area (Å²) in [6.45, 7) is 2.96. The molecule has 2 aromatic rings. The zero-order valence-electron chi connectivity index (χ0n) is 11.2. The Balaban J connectivity index is 2.23. The molecular formula is C11H19N7. The quantitative estimate of drug-likeness (QED) is 0.725. The number of anilines is 2. The number of likely N-dealkylation sites (N-methyl/N-ethyl adjacent to an activating group) is 1. The Labute approximate surface area is 106 Å². The van der Waals surface area contributed by atoms with E-state index in [-0.39, 0.29) is 0 Å². The Morgan fingerprint density at radius 3 is 2.83 bits per heavy atom. The van der Waals surface area contributed by atoms with Crippen LogP contribution in [-0.2, 0) is 0 Å². The molecule has 0 amide bonds. The van der Waals surface area contributed by atoms with Crippen LogP contribution in [0.5, 0.6) is 0 Å². The molecule has 1 unspecified atom stereocenters. The maximum Gasteiger partial charge on any atom is 0.226 e. The Morgan fingerprint density at radius 2 is 2.17 bits per heavy atom. The molecule has 0 aliphatic carbocycles. The minimum Gasteiger partial charge on any atom is -0.367 e. The van der Waals surface area contributed by atoms with Crippen molar-refractivity contribution in [2.45, 2.75) is 13.0 Å². The molecule has 0 fully saturated rings. The fourth-order valence-corrected chi connectivity index (χ4v) is 1.50. The molecule has 0 spiro atoms. The molecule has 1 atom stereocenters. The van der Waals surface area contributed by atoms with Gasteiger partial charge in [0.15, 0.2) is 11.5 Å². The minimum absolute atomic E-state index is 0.413. The molecule has 0 aliphatic rings. The van der Waals surface area contributed by atoms with Crippen LogP contribution in [0.25, 0.3) is 11.2 Å². The van der Waals surface area contributed by atoms with Crippen molar-refractivity contribution in [2.24, 2.45) is 0 Å². The fraction of sp³-hybridized carbons (Fsp3) is 0.545. The van der Waals surface area contributed by atoms with Crippen molar-refractivity contribution in [2.75, 3.05) is 38.3 Å². The molecule has 7 nitrogen and oxygen atoms in total. The normalized spacial score (nSPS) is 12.9. The predicted octanol–water partition coefficient (Wildman–Crippen LogP) is 0.757. The summed E-state index contributed by atoms with van der Waals surface area (Å²) in [6, 6.07) is 0.413. The summed E-state index contributed by atoms with van der Waals surface area (Å²) >= 11 is 0. The van der Waals surface area contributed by atoms with E-state index in [4.69, 9.17) is 0 Å². The molecule has 2 heterocycles. The number of hydrogen-bond acceptors (Lipinski definition) is 6. The molecule has 98 valence electrons. The average molecular weight is 249 g/mol. The summed E-state index contributed by atoms with van der Waals surface area (Å²) in [5.74, 6) is 1.34. The predicted molar refractivity (Wildman–Crippen MR) is 72.9 cm³/mol. The van der Waals surface area contributed by atoms with E-state index in [9.17, 15) is 0 Å². The molecule has 0 bridgehead atoms. The molecule has 0 aromatic carbocycles. The summed E-state index contributed by atoms with van der Waals surface area (Å²) in [5.41, 5.74) is 1.49. The summed E-state index contributed by atoms with van der Waals surface area (Å²) in [5, 5.41) is 6.26. The van der Waals surface area contributed by atoms with Gasteiger partial charge in [-0.2, -0.15) is 9.97 Å². The number of aromatic amines is 1. The van der Waals surface area contributed by atoms with Crippen molar-refractivity contribution in [3.63, 3.8) is 0 Å². The smallest absolute Gasteiger partial charge is 0.226 e. The van der Waals surface area contributed by atoms with Gasteiger partial charge in [-0.15, -0.1) is 0 Å². The van der Waals surface area contributed by atoms with Crippen molar-refractivity contribution in [1.29, 1.82) is 0 Å². The molecule has 0 saturated heterocycles. The van der Waals surface area contributed by atoms with Crippen molar-refractivity contribution in [1.82, 2.24) is 24.8 Å². The lowest BCUT2D eigenvalue weighted by Gasteiger charge is -2.20. The number of nitrogens with zero attached hydrogens (tertiary/aromatic N) is 4. The first-order valence-corrected chi connectivity index (χ1v) is 5.91. The number of aromatic nitrogens is 4. The molecule has 2 rings (SSSR count). The van der Waals surface area contributed by atoms with Crippen LogP contribution in [0.3, 0.4) is 0 Å². The zero-order chi connectivity index (χ0) is 13.1. The molecule has 3 N–H and O–H groups in total. The number of rotatable bonds is 5. The first kappa shape index (κ1) is 12.6. The maximum absolute atomic E-state index is 4.40.